The number of carbonyl (C=O) groups excluding carboxylic acids is 1. The van der Waals surface area contributed by atoms with Crippen molar-refractivity contribution >= 4 is 5.97 Å². The van der Waals surface area contributed by atoms with E-state index in [2.05, 4.69) is 33.7 Å². The summed E-state index contributed by atoms with van der Waals surface area (Å²) >= 11 is 0. The molecule has 4 rings (SSSR count). The molecule has 0 unspecified atom stereocenters. The number of aromatic nitrogens is 4. The molecular weight excluding hydrogens is 364 g/mol. The maximum absolute atomic E-state index is 11.7. The summed E-state index contributed by atoms with van der Waals surface area (Å²) in [5.74, 6) is 0.345. The number of carbonyl (C=O) groups is 1. The van der Waals surface area contributed by atoms with Crippen LogP contribution in [0.15, 0.2) is 72.8 Å². The number of benzene rings is 3. The summed E-state index contributed by atoms with van der Waals surface area (Å²) in [5, 5.41) is 12.4. The van der Waals surface area contributed by atoms with Gasteiger partial charge in [0, 0.05) is 5.56 Å². The first kappa shape index (κ1) is 18.6. The highest BCUT2D eigenvalue weighted by atomic mass is 16.5. The number of esters is 1. The SMILES string of the molecule is COC(=O)c1ccc(-c2ccc(C)cc2-c2nnnn2Cc2ccccc2)cc1. The van der Waals surface area contributed by atoms with E-state index in [0.717, 1.165) is 27.8 Å². The maximum atomic E-state index is 11.7. The van der Waals surface area contributed by atoms with E-state index in [1.165, 1.54) is 7.11 Å². The van der Waals surface area contributed by atoms with Gasteiger partial charge in [0.2, 0.25) is 0 Å². The molecular formula is C23H20N4O2. The van der Waals surface area contributed by atoms with Gasteiger partial charge < -0.3 is 4.74 Å². The molecule has 0 saturated carbocycles. The molecule has 144 valence electrons. The first-order chi connectivity index (χ1) is 14.2. The van der Waals surface area contributed by atoms with Crippen molar-refractivity contribution in [2.75, 3.05) is 7.11 Å². The predicted molar refractivity (Wildman–Crippen MR) is 110 cm³/mol. The van der Waals surface area contributed by atoms with Crippen LogP contribution in [-0.4, -0.2) is 33.3 Å². The zero-order chi connectivity index (χ0) is 20.2. The van der Waals surface area contributed by atoms with Crippen molar-refractivity contribution in [2.24, 2.45) is 0 Å². The fourth-order valence-electron chi connectivity index (χ4n) is 3.26. The Morgan fingerprint density at radius 3 is 2.45 bits per heavy atom. The van der Waals surface area contributed by atoms with Crippen molar-refractivity contribution < 1.29 is 9.53 Å². The highest BCUT2D eigenvalue weighted by Gasteiger charge is 2.16. The van der Waals surface area contributed by atoms with Crippen LogP contribution in [0.5, 0.6) is 0 Å². The van der Waals surface area contributed by atoms with E-state index in [9.17, 15) is 4.79 Å². The molecule has 6 heteroatoms. The van der Waals surface area contributed by atoms with E-state index in [1.807, 2.05) is 49.4 Å². The molecule has 6 nitrogen and oxygen atoms in total. The van der Waals surface area contributed by atoms with Crippen molar-refractivity contribution in [3.8, 4) is 22.5 Å². The van der Waals surface area contributed by atoms with Crippen molar-refractivity contribution in [3.63, 3.8) is 0 Å². The topological polar surface area (TPSA) is 69.9 Å². The van der Waals surface area contributed by atoms with E-state index >= 15 is 0 Å². The lowest BCUT2D eigenvalue weighted by atomic mass is 9.96. The van der Waals surface area contributed by atoms with Gasteiger partial charge in [-0.2, -0.15) is 0 Å². The van der Waals surface area contributed by atoms with E-state index < -0.39 is 0 Å². The van der Waals surface area contributed by atoms with Crippen LogP contribution in [0.3, 0.4) is 0 Å². The molecule has 0 amide bonds. The lowest BCUT2D eigenvalue weighted by Gasteiger charge is -2.12. The average molecular weight is 384 g/mol. The van der Waals surface area contributed by atoms with Crippen LogP contribution in [0.1, 0.15) is 21.5 Å². The summed E-state index contributed by atoms with van der Waals surface area (Å²) in [5.41, 5.74) is 5.66. The molecule has 0 radical (unpaired) electrons. The van der Waals surface area contributed by atoms with Crippen molar-refractivity contribution in [2.45, 2.75) is 13.5 Å². The Balaban J connectivity index is 1.75. The van der Waals surface area contributed by atoms with E-state index in [4.69, 9.17) is 4.74 Å². The largest absolute Gasteiger partial charge is 0.465 e. The minimum absolute atomic E-state index is 0.354. The Morgan fingerprint density at radius 1 is 0.966 bits per heavy atom. The van der Waals surface area contributed by atoms with Crippen molar-refractivity contribution in [3.05, 3.63) is 89.5 Å². The monoisotopic (exact) mass is 384 g/mol. The van der Waals surface area contributed by atoms with Crippen LogP contribution in [-0.2, 0) is 11.3 Å². The number of tetrazole rings is 1. The molecule has 0 aliphatic rings. The van der Waals surface area contributed by atoms with Gasteiger partial charge in [-0.15, -0.1) is 5.10 Å². The first-order valence-electron chi connectivity index (χ1n) is 9.25. The second kappa shape index (κ2) is 8.06. The molecule has 4 aromatic rings. The Morgan fingerprint density at radius 2 is 1.72 bits per heavy atom. The molecule has 29 heavy (non-hydrogen) atoms. The van der Waals surface area contributed by atoms with Gasteiger partial charge in [0.05, 0.1) is 19.2 Å². The molecule has 1 aromatic heterocycles. The fourth-order valence-corrected chi connectivity index (χ4v) is 3.26. The molecule has 0 saturated heterocycles. The first-order valence-corrected chi connectivity index (χ1v) is 9.25. The predicted octanol–water partition coefficient (Wildman–Crippen LogP) is 4.15. The van der Waals surface area contributed by atoms with Crippen LogP contribution < -0.4 is 0 Å². The third-order valence-electron chi connectivity index (χ3n) is 4.74. The Labute approximate surface area is 168 Å². The zero-order valence-corrected chi connectivity index (χ0v) is 16.2. The van der Waals surface area contributed by atoms with Crippen LogP contribution in [0.25, 0.3) is 22.5 Å². The highest BCUT2D eigenvalue weighted by molar-refractivity contribution is 5.90. The minimum atomic E-state index is -0.354. The van der Waals surface area contributed by atoms with Crippen LogP contribution in [0.4, 0.5) is 0 Å². The number of methoxy groups -OCH3 is 1. The van der Waals surface area contributed by atoms with Gasteiger partial charge >= 0.3 is 5.97 Å². The van der Waals surface area contributed by atoms with Crippen LogP contribution in [0, 0.1) is 6.92 Å². The Hall–Kier alpha value is -3.80. The quantitative estimate of drug-likeness (QED) is 0.484. The lowest BCUT2D eigenvalue weighted by molar-refractivity contribution is 0.0601. The summed E-state index contributed by atoms with van der Waals surface area (Å²) in [6.45, 7) is 2.62. The molecule has 0 fully saturated rings. The standard InChI is InChI=1S/C23H20N4O2/c1-16-8-13-20(18-9-11-19(12-10-18)23(28)29-2)21(14-16)22-24-25-26-27(22)15-17-6-4-3-5-7-17/h3-14H,15H2,1-2H3. The van der Waals surface area contributed by atoms with Crippen molar-refractivity contribution in [1.29, 1.82) is 0 Å². The van der Waals surface area contributed by atoms with E-state index in [1.54, 1.807) is 16.8 Å². The average Bonchev–Trinajstić information content (AvgIpc) is 3.22. The number of rotatable bonds is 5. The molecule has 3 aromatic carbocycles. The van der Waals surface area contributed by atoms with Crippen LogP contribution >= 0.6 is 0 Å². The van der Waals surface area contributed by atoms with Gasteiger partial charge in [-0.1, -0.05) is 60.2 Å². The normalized spacial score (nSPS) is 10.7. The Bertz CT molecular complexity index is 1140. The number of ether oxygens (including phenoxy) is 1. The highest BCUT2D eigenvalue weighted by Crippen LogP contribution is 2.32. The summed E-state index contributed by atoms with van der Waals surface area (Å²) in [6.07, 6.45) is 0. The summed E-state index contributed by atoms with van der Waals surface area (Å²) < 4.78 is 6.59. The van der Waals surface area contributed by atoms with E-state index in [-0.39, 0.29) is 5.97 Å². The molecule has 0 N–H and O–H groups in total. The van der Waals surface area contributed by atoms with Gasteiger partial charge in [0.15, 0.2) is 5.82 Å². The third-order valence-corrected chi connectivity index (χ3v) is 4.74. The van der Waals surface area contributed by atoms with Gasteiger partial charge in [0.1, 0.15) is 0 Å². The second-order valence-corrected chi connectivity index (χ2v) is 6.76. The summed E-state index contributed by atoms with van der Waals surface area (Å²) in [6, 6.07) is 23.6. The van der Waals surface area contributed by atoms with Gasteiger partial charge in [-0.05, 0) is 52.2 Å². The number of aryl methyl sites for hydroxylation is 1. The van der Waals surface area contributed by atoms with E-state index in [0.29, 0.717) is 17.9 Å². The zero-order valence-electron chi connectivity index (χ0n) is 16.2. The van der Waals surface area contributed by atoms with Crippen molar-refractivity contribution in [1.82, 2.24) is 20.2 Å². The number of hydrogen-bond donors (Lipinski definition) is 0. The molecule has 0 atom stereocenters. The fraction of sp³-hybridized carbons (Fsp3) is 0.130. The van der Waals surface area contributed by atoms with Crippen LogP contribution in [0.2, 0.25) is 0 Å². The smallest absolute Gasteiger partial charge is 0.337 e. The summed E-state index contributed by atoms with van der Waals surface area (Å²) in [7, 11) is 1.38. The molecule has 0 bridgehead atoms. The second-order valence-electron chi connectivity index (χ2n) is 6.76. The number of hydrogen-bond acceptors (Lipinski definition) is 5. The maximum Gasteiger partial charge on any atom is 0.337 e. The molecule has 0 spiro atoms. The van der Waals surface area contributed by atoms with Gasteiger partial charge in [0.25, 0.3) is 0 Å². The van der Waals surface area contributed by atoms with Gasteiger partial charge in [-0.3, -0.25) is 0 Å². The minimum Gasteiger partial charge on any atom is -0.465 e. The number of nitrogens with zero attached hydrogens (tertiary/aromatic N) is 4. The third kappa shape index (κ3) is 3.91. The molecule has 0 aliphatic heterocycles. The van der Waals surface area contributed by atoms with Gasteiger partial charge in [-0.25, -0.2) is 9.48 Å². The lowest BCUT2D eigenvalue weighted by Crippen LogP contribution is -2.05. The molecule has 1 heterocycles. The summed E-state index contributed by atoms with van der Waals surface area (Å²) in [4.78, 5) is 11.7. The molecule has 0 aliphatic carbocycles. The Kier molecular flexibility index (Phi) is 5.16.